The van der Waals surface area contributed by atoms with Crippen LogP contribution in [-0.2, 0) is 11.2 Å². The van der Waals surface area contributed by atoms with Gasteiger partial charge >= 0.3 is 0 Å². The molecule has 0 atom stereocenters. The van der Waals surface area contributed by atoms with Crippen molar-refractivity contribution in [1.82, 2.24) is 10.2 Å². The first kappa shape index (κ1) is 9.26. The van der Waals surface area contributed by atoms with Gasteiger partial charge in [0.15, 0.2) is 0 Å². The van der Waals surface area contributed by atoms with E-state index in [-0.39, 0.29) is 0 Å². The Kier molecular flexibility index (Phi) is 3.29. The van der Waals surface area contributed by atoms with Crippen LogP contribution in [-0.4, -0.2) is 23.9 Å². The lowest BCUT2D eigenvalue weighted by Gasteiger charge is -1.99. The Hall–Kier alpha value is -0.830. The third-order valence-corrected chi connectivity index (χ3v) is 2.06. The second kappa shape index (κ2) is 4.26. The molecule has 0 aliphatic rings. The number of H-pyrrole nitrogens is 1. The van der Waals surface area contributed by atoms with Crippen LogP contribution in [0.1, 0.15) is 23.4 Å². The molecule has 3 heteroatoms. The van der Waals surface area contributed by atoms with Crippen molar-refractivity contribution in [2.45, 2.75) is 26.7 Å². The maximum atomic E-state index is 4.99. The number of ether oxygens (including phenoxy) is 1. The maximum absolute atomic E-state index is 4.99. The number of aromatic nitrogens is 2. The Bertz CT molecular complexity index is 223. The van der Waals surface area contributed by atoms with Gasteiger partial charge in [-0.1, -0.05) is 0 Å². The number of nitrogens with one attached hydrogen (secondary N) is 1. The molecule has 1 aromatic rings. The average Bonchev–Trinajstić information content (AvgIpc) is 2.35. The molecule has 0 spiro atoms. The van der Waals surface area contributed by atoms with Gasteiger partial charge in [0.25, 0.3) is 0 Å². The summed E-state index contributed by atoms with van der Waals surface area (Å²) in [4.78, 5) is 0. The van der Waals surface area contributed by atoms with Gasteiger partial charge in [-0.05, 0) is 32.3 Å². The molecule has 0 unspecified atom stereocenters. The van der Waals surface area contributed by atoms with Crippen LogP contribution in [0.15, 0.2) is 0 Å². The van der Waals surface area contributed by atoms with Crippen molar-refractivity contribution in [1.29, 1.82) is 0 Å². The van der Waals surface area contributed by atoms with Crippen LogP contribution >= 0.6 is 0 Å². The van der Waals surface area contributed by atoms with Crippen LogP contribution in [0.3, 0.4) is 0 Å². The number of aryl methyl sites for hydroxylation is 2. The van der Waals surface area contributed by atoms with Gasteiger partial charge in [0.05, 0.1) is 5.69 Å². The highest BCUT2D eigenvalue weighted by Crippen LogP contribution is 2.11. The van der Waals surface area contributed by atoms with Gasteiger partial charge in [-0.25, -0.2) is 0 Å². The zero-order valence-corrected chi connectivity index (χ0v) is 7.98. The lowest BCUT2D eigenvalue weighted by molar-refractivity contribution is 0.195. The Balaban J connectivity index is 2.50. The highest BCUT2D eigenvalue weighted by molar-refractivity contribution is 5.22. The molecular weight excluding hydrogens is 152 g/mol. The van der Waals surface area contributed by atoms with Crippen molar-refractivity contribution in [3.8, 4) is 0 Å². The summed E-state index contributed by atoms with van der Waals surface area (Å²) < 4.78 is 4.99. The minimum absolute atomic E-state index is 0.823. The van der Waals surface area contributed by atoms with Crippen molar-refractivity contribution in [3.05, 3.63) is 17.0 Å². The van der Waals surface area contributed by atoms with Crippen molar-refractivity contribution in [3.63, 3.8) is 0 Å². The quantitative estimate of drug-likeness (QED) is 0.693. The molecule has 0 bridgehead atoms. The molecule has 0 fully saturated rings. The lowest BCUT2D eigenvalue weighted by atomic mass is 10.1. The molecule has 0 aliphatic carbocycles. The number of hydrogen-bond donors (Lipinski definition) is 1. The topological polar surface area (TPSA) is 37.9 Å². The largest absolute Gasteiger partial charge is 0.385 e. The van der Waals surface area contributed by atoms with E-state index >= 15 is 0 Å². The summed E-state index contributed by atoms with van der Waals surface area (Å²) in [5.41, 5.74) is 3.64. The Morgan fingerprint density at radius 3 is 2.67 bits per heavy atom. The lowest BCUT2D eigenvalue weighted by Crippen LogP contribution is -1.94. The average molecular weight is 168 g/mol. The predicted octanol–water partition coefficient (Wildman–Crippen LogP) is 1.61. The second-order valence-corrected chi connectivity index (χ2v) is 3.01. The number of rotatable bonds is 4. The van der Waals surface area contributed by atoms with E-state index in [0.29, 0.717) is 0 Å². The van der Waals surface area contributed by atoms with E-state index in [1.807, 2.05) is 6.92 Å². The SMILES string of the molecule is COCCCc1c(C)n[nH]c1C. The van der Waals surface area contributed by atoms with Gasteiger partial charge in [0, 0.05) is 19.4 Å². The third-order valence-electron chi connectivity index (χ3n) is 2.06. The molecule has 3 nitrogen and oxygen atoms in total. The Morgan fingerprint density at radius 2 is 2.17 bits per heavy atom. The molecule has 68 valence electrons. The van der Waals surface area contributed by atoms with E-state index in [4.69, 9.17) is 4.74 Å². The Labute approximate surface area is 73.1 Å². The first-order valence-corrected chi connectivity index (χ1v) is 4.25. The molecular formula is C9H16N2O. The molecule has 0 amide bonds. The van der Waals surface area contributed by atoms with E-state index in [1.165, 1.54) is 11.3 Å². The molecule has 0 aliphatic heterocycles. The van der Waals surface area contributed by atoms with Crippen molar-refractivity contribution >= 4 is 0 Å². The molecule has 1 aromatic heterocycles. The molecule has 0 radical (unpaired) electrons. The summed E-state index contributed by atoms with van der Waals surface area (Å²) in [5, 5.41) is 7.10. The van der Waals surface area contributed by atoms with Gasteiger partial charge in [-0.2, -0.15) is 5.10 Å². The normalized spacial score (nSPS) is 10.6. The number of methoxy groups -OCH3 is 1. The highest BCUT2D eigenvalue weighted by Gasteiger charge is 2.04. The fourth-order valence-electron chi connectivity index (χ4n) is 1.34. The summed E-state index contributed by atoms with van der Waals surface area (Å²) in [6.07, 6.45) is 2.12. The number of hydrogen-bond acceptors (Lipinski definition) is 2. The fraction of sp³-hybridized carbons (Fsp3) is 0.667. The Morgan fingerprint density at radius 1 is 1.42 bits per heavy atom. The van der Waals surface area contributed by atoms with Crippen molar-refractivity contribution in [2.24, 2.45) is 0 Å². The summed E-state index contributed by atoms with van der Waals surface area (Å²) in [5.74, 6) is 0. The predicted molar refractivity (Wildman–Crippen MR) is 48.3 cm³/mol. The smallest absolute Gasteiger partial charge is 0.0625 e. The second-order valence-electron chi connectivity index (χ2n) is 3.01. The van der Waals surface area contributed by atoms with Gasteiger partial charge in [-0.15, -0.1) is 0 Å². The van der Waals surface area contributed by atoms with Crippen LogP contribution in [0.2, 0.25) is 0 Å². The minimum atomic E-state index is 0.823. The molecule has 1 N–H and O–H groups in total. The summed E-state index contributed by atoms with van der Waals surface area (Å²) in [7, 11) is 1.73. The van der Waals surface area contributed by atoms with Crippen molar-refractivity contribution < 1.29 is 4.74 Å². The van der Waals surface area contributed by atoms with Gasteiger partial charge < -0.3 is 4.74 Å². The zero-order valence-electron chi connectivity index (χ0n) is 7.98. The molecule has 1 heterocycles. The van der Waals surface area contributed by atoms with Crippen molar-refractivity contribution in [2.75, 3.05) is 13.7 Å². The summed E-state index contributed by atoms with van der Waals surface area (Å²) >= 11 is 0. The number of aromatic amines is 1. The minimum Gasteiger partial charge on any atom is -0.385 e. The van der Waals surface area contributed by atoms with E-state index in [1.54, 1.807) is 7.11 Å². The molecule has 0 saturated heterocycles. The van der Waals surface area contributed by atoms with Crippen LogP contribution in [0.25, 0.3) is 0 Å². The summed E-state index contributed by atoms with van der Waals surface area (Å²) in [6.45, 7) is 4.91. The van der Waals surface area contributed by atoms with Gasteiger partial charge in [0.1, 0.15) is 0 Å². The molecule has 12 heavy (non-hydrogen) atoms. The number of nitrogens with zero attached hydrogens (tertiary/aromatic N) is 1. The maximum Gasteiger partial charge on any atom is 0.0625 e. The van der Waals surface area contributed by atoms with Crippen LogP contribution < -0.4 is 0 Å². The van der Waals surface area contributed by atoms with E-state index in [2.05, 4.69) is 17.1 Å². The van der Waals surface area contributed by atoms with Gasteiger partial charge in [-0.3, -0.25) is 5.10 Å². The van der Waals surface area contributed by atoms with E-state index < -0.39 is 0 Å². The standard InChI is InChI=1S/C9H16N2O/c1-7-9(5-4-6-12-3)8(2)11-10-7/h4-6H2,1-3H3,(H,10,11). The van der Waals surface area contributed by atoms with Crippen LogP contribution in [0.4, 0.5) is 0 Å². The first-order valence-electron chi connectivity index (χ1n) is 4.25. The third kappa shape index (κ3) is 2.08. The van der Waals surface area contributed by atoms with E-state index in [0.717, 1.165) is 25.1 Å². The monoisotopic (exact) mass is 168 g/mol. The van der Waals surface area contributed by atoms with Gasteiger partial charge in [0.2, 0.25) is 0 Å². The fourth-order valence-corrected chi connectivity index (χ4v) is 1.34. The molecule has 1 rings (SSSR count). The highest BCUT2D eigenvalue weighted by atomic mass is 16.5. The molecule has 0 aromatic carbocycles. The summed E-state index contributed by atoms with van der Waals surface area (Å²) in [6, 6.07) is 0. The van der Waals surface area contributed by atoms with E-state index in [9.17, 15) is 0 Å². The zero-order chi connectivity index (χ0) is 8.97. The molecule has 0 saturated carbocycles. The van der Waals surface area contributed by atoms with Crippen LogP contribution in [0, 0.1) is 13.8 Å². The van der Waals surface area contributed by atoms with Crippen LogP contribution in [0.5, 0.6) is 0 Å². The first-order chi connectivity index (χ1) is 5.75.